The zero-order valence-electron chi connectivity index (χ0n) is 8.83. The Labute approximate surface area is 84.8 Å². The number of nitrogens with zero attached hydrogens (tertiary/aromatic N) is 2. The number of hydrogen-bond donors (Lipinski definition) is 1. The molecule has 0 radical (unpaired) electrons. The Kier molecular flexibility index (Phi) is 3.08. The van der Waals surface area contributed by atoms with E-state index in [1.54, 1.807) is 6.20 Å². The van der Waals surface area contributed by atoms with Crippen LogP contribution in [0.3, 0.4) is 0 Å². The summed E-state index contributed by atoms with van der Waals surface area (Å²) in [4.78, 5) is 3.97. The van der Waals surface area contributed by atoms with Gasteiger partial charge in [-0.2, -0.15) is 5.26 Å². The van der Waals surface area contributed by atoms with Crippen molar-refractivity contribution >= 4 is 5.69 Å². The average Bonchev–Trinajstić information content (AvgIpc) is 2.14. The molecule has 1 rings (SSSR count). The molecule has 0 amide bonds. The molecule has 3 nitrogen and oxygen atoms in total. The summed E-state index contributed by atoms with van der Waals surface area (Å²) in [5.41, 5.74) is 1.46. The van der Waals surface area contributed by atoms with E-state index in [4.69, 9.17) is 5.26 Å². The van der Waals surface area contributed by atoms with Gasteiger partial charge in [0.05, 0.1) is 5.69 Å². The van der Waals surface area contributed by atoms with Gasteiger partial charge in [0.2, 0.25) is 0 Å². The molecule has 1 N–H and O–H groups in total. The van der Waals surface area contributed by atoms with Gasteiger partial charge in [-0.05, 0) is 17.5 Å². The lowest BCUT2D eigenvalue weighted by Crippen LogP contribution is -2.19. The molecule has 0 bridgehead atoms. The molecule has 14 heavy (non-hydrogen) atoms. The number of anilines is 1. The standard InChI is InChI=1S/C11H15N3/c1-11(2,3)8-14-9-5-4-6-13-10(9)7-12/h4-6,14H,8H2,1-3H3. The lowest BCUT2D eigenvalue weighted by molar-refractivity contribution is 0.443. The van der Waals surface area contributed by atoms with Crippen molar-refractivity contribution in [3.8, 4) is 6.07 Å². The zero-order valence-corrected chi connectivity index (χ0v) is 8.83. The number of hydrogen-bond acceptors (Lipinski definition) is 3. The van der Waals surface area contributed by atoms with Crippen LogP contribution in [-0.2, 0) is 0 Å². The van der Waals surface area contributed by atoms with Crippen molar-refractivity contribution in [1.29, 1.82) is 5.26 Å². The van der Waals surface area contributed by atoms with E-state index in [0.717, 1.165) is 12.2 Å². The smallest absolute Gasteiger partial charge is 0.163 e. The van der Waals surface area contributed by atoms with Gasteiger partial charge in [0.15, 0.2) is 5.69 Å². The molecule has 0 saturated carbocycles. The predicted octanol–water partition coefficient (Wildman–Crippen LogP) is 2.41. The quantitative estimate of drug-likeness (QED) is 0.777. The molecular weight excluding hydrogens is 174 g/mol. The van der Waals surface area contributed by atoms with Gasteiger partial charge >= 0.3 is 0 Å². The van der Waals surface area contributed by atoms with Crippen LogP contribution >= 0.6 is 0 Å². The van der Waals surface area contributed by atoms with E-state index in [0.29, 0.717) is 5.69 Å². The van der Waals surface area contributed by atoms with E-state index in [9.17, 15) is 0 Å². The highest BCUT2D eigenvalue weighted by Crippen LogP contribution is 2.16. The summed E-state index contributed by atoms with van der Waals surface area (Å²) < 4.78 is 0. The van der Waals surface area contributed by atoms with Crippen molar-refractivity contribution in [1.82, 2.24) is 4.98 Å². The molecule has 1 aromatic rings. The molecule has 3 heteroatoms. The topological polar surface area (TPSA) is 48.7 Å². The van der Waals surface area contributed by atoms with Crippen LogP contribution in [0.5, 0.6) is 0 Å². The first-order valence-electron chi connectivity index (χ1n) is 4.62. The molecule has 0 aromatic carbocycles. The molecule has 0 aliphatic heterocycles. The van der Waals surface area contributed by atoms with Crippen molar-refractivity contribution in [3.63, 3.8) is 0 Å². The maximum atomic E-state index is 8.80. The molecule has 0 fully saturated rings. The van der Waals surface area contributed by atoms with Crippen molar-refractivity contribution in [2.45, 2.75) is 20.8 Å². The SMILES string of the molecule is CC(C)(C)CNc1cccnc1C#N. The first-order chi connectivity index (χ1) is 6.53. The highest BCUT2D eigenvalue weighted by molar-refractivity contribution is 5.53. The summed E-state index contributed by atoms with van der Waals surface area (Å²) in [6.45, 7) is 7.25. The molecule has 1 heterocycles. The summed E-state index contributed by atoms with van der Waals surface area (Å²) in [6.07, 6.45) is 1.63. The van der Waals surface area contributed by atoms with E-state index in [2.05, 4.69) is 37.1 Å². The van der Waals surface area contributed by atoms with Gasteiger partial charge in [-0.3, -0.25) is 0 Å². The fraction of sp³-hybridized carbons (Fsp3) is 0.455. The van der Waals surface area contributed by atoms with Crippen LogP contribution in [0.2, 0.25) is 0 Å². The Bertz CT molecular complexity index is 344. The third kappa shape index (κ3) is 3.06. The van der Waals surface area contributed by atoms with Crippen molar-refractivity contribution in [2.24, 2.45) is 5.41 Å². The predicted molar refractivity (Wildman–Crippen MR) is 56.9 cm³/mol. The summed E-state index contributed by atoms with van der Waals surface area (Å²) in [5, 5.41) is 12.0. The third-order valence-electron chi connectivity index (χ3n) is 1.72. The number of nitriles is 1. The summed E-state index contributed by atoms with van der Waals surface area (Å²) in [5.74, 6) is 0. The second-order valence-electron chi connectivity index (χ2n) is 4.43. The van der Waals surface area contributed by atoms with Gasteiger partial charge in [-0.15, -0.1) is 0 Å². The Balaban J connectivity index is 2.73. The van der Waals surface area contributed by atoms with Crippen LogP contribution in [0.1, 0.15) is 26.5 Å². The summed E-state index contributed by atoms with van der Waals surface area (Å²) in [7, 11) is 0. The summed E-state index contributed by atoms with van der Waals surface area (Å²) >= 11 is 0. The molecule has 1 aromatic heterocycles. The fourth-order valence-electron chi connectivity index (χ4n) is 0.997. The van der Waals surface area contributed by atoms with Crippen LogP contribution in [0.15, 0.2) is 18.3 Å². The van der Waals surface area contributed by atoms with Crippen LogP contribution in [-0.4, -0.2) is 11.5 Å². The minimum absolute atomic E-state index is 0.197. The van der Waals surface area contributed by atoms with Crippen LogP contribution in [0, 0.1) is 16.7 Å². The lowest BCUT2D eigenvalue weighted by Gasteiger charge is -2.19. The number of rotatable bonds is 2. The maximum absolute atomic E-state index is 8.80. The molecule has 0 aliphatic carbocycles. The van der Waals surface area contributed by atoms with Crippen LogP contribution in [0.4, 0.5) is 5.69 Å². The van der Waals surface area contributed by atoms with Crippen molar-refractivity contribution < 1.29 is 0 Å². The fourth-order valence-corrected chi connectivity index (χ4v) is 0.997. The van der Waals surface area contributed by atoms with Gasteiger partial charge in [0.25, 0.3) is 0 Å². The number of pyridine rings is 1. The van der Waals surface area contributed by atoms with E-state index < -0.39 is 0 Å². The lowest BCUT2D eigenvalue weighted by atomic mass is 9.97. The second-order valence-corrected chi connectivity index (χ2v) is 4.43. The normalized spacial score (nSPS) is 10.7. The molecule has 74 valence electrons. The number of nitrogens with one attached hydrogen (secondary N) is 1. The molecule has 0 atom stereocenters. The Morgan fingerprint density at radius 1 is 1.50 bits per heavy atom. The maximum Gasteiger partial charge on any atom is 0.163 e. The van der Waals surface area contributed by atoms with Crippen molar-refractivity contribution in [3.05, 3.63) is 24.0 Å². The first-order valence-corrected chi connectivity index (χ1v) is 4.62. The third-order valence-corrected chi connectivity index (χ3v) is 1.72. The van der Waals surface area contributed by atoms with Crippen molar-refractivity contribution in [2.75, 3.05) is 11.9 Å². The van der Waals surface area contributed by atoms with Gasteiger partial charge < -0.3 is 5.32 Å². The zero-order chi connectivity index (χ0) is 10.6. The largest absolute Gasteiger partial charge is 0.382 e. The minimum Gasteiger partial charge on any atom is -0.382 e. The van der Waals surface area contributed by atoms with E-state index in [1.165, 1.54) is 0 Å². The molecular formula is C11H15N3. The van der Waals surface area contributed by atoms with Gasteiger partial charge in [0.1, 0.15) is 6.07 Å². The monoisotopic (exact) mass is 189 g/mol. The van der Waals surface area contributed by atoms with E-state index in [1.807, 2.05) is 12.1 Å². The molecule has 0 unspecified atom stereocenters. The second kappa shape index (κ2) is 4.10. The highest BCUT2D eigenvalue weighted by atomic mass is 14.9. The Morgan fingerprint density at radius 2 is 2.21 bits per heavy atom. The minimum atomic E-state index is 0.197. The van der Waals surface area contributed by atoms with Gasteiger partial charge in [-0.25, -0.2) is 4.98 Å². The van der Waals surface area contributed by atoms with Gasteiger partial charge in [-0.1, -0.05) is 20.8 Å². The molecule has 0 spiro atoms. The molecule has 0 aliphatic rings. The first kappa shape index (κ1) is 10.5. The van der Waals surface area contributed by atoms with Gasteiger partial charge in [0, 0.05) is 12.7 Å². The van der Waals surface area contributed by atoms with E-state index >= 15 is 0 Å². The summed E-state index contributed by atoms with van der Waals surface area (Å²) in [6, 6.07) is 5.76. The Hall–Kier alpha value is -1.56. The number of aromatic nitrogens is 1. The molecule has 0 saturated heterocycles. The Morgan fingerprint density at radius 3 is 2.79 bits per heavy atom. The van der Waals surface area contributed by atoms with E-state index in [-0.39, 0.29) is 5.41 Å². The van der Waals surface area contributed by atoms with Crippen LogP contribution < -0.4 is 5.32 Å². The highest BCUT2D eigenvalue weighted by Gasteiger charge is 2.10. The van der Waals surface area contributed by atoms with Crippen LogP contribution in [0.25, 0.3) is 0 Å². The average molecular weight is 189 g/mol.